The van der Waals surface area contributed by atoms with Crippen LogP contribution in [-0.2, 0) is 19.6 Å². The van der Waals surface area contributed by atoms with Gasteiger partial charge in [0.25, 0.3) is 0 Å². The zero-order valence-electron chi connectivity index (χ0n) is 19.3. The summed E-state index contributed by atoms with van der Waals surface area (Å²) in [5.74, 6) is -0.233. The van der Waals surface area contributed by atoms with Crippen LogP contribution < -0.4 is 4.72 Å². The molecule has 1 aromatic rings. The molecule has 1 saturated carbocycles. The highest BCUT2D eigenvalue weighted by Crippen LogP contribution is 2.45. The van der Waals surface area contributed by atoms with Crippen LogP contribution in [0.3, 0.4) is 0 Å². The van der Waals surface area contributed by atoms with Gasteiger partial charge in [0.15, 0.2) is 0 Å². The SMILES string of the molecule is O=C(O)C(F)(F)F.O=S(=O)(NCC1CC2(CCN(C[C@H]3C[C@@H]4C=C[C@H]3C4)CC2)O1)c1ccccc1. The molecule has 4 atom stereocenters. The van der Waals surface area contributed by atoms with Crippen molar-refractivity contribution in [2.75, 3.05) is 26.2 Å². The minimum atomic E-state index is -5.08. The highest BCUT2D eigenvalue weighted by atomic mass is 32.2. The fourth-order valence-electron chi connectivity index (χ4n) is 5.66. The third-order valence-corrected chi connectivity index (χ3v) is 8.93. The molecule has 3 fully saturated rings. The van der Waals surface area contributed by atoms with Gasteiger partial charge < -0.3 is 14.7 Å². The summed E-state index contributed by atoms with van der Waals surface area (Å²) in [5.41, 5.74) is -0.00601. The average molecular weight is 517 g/mol. The van der Waals surface area contributed by atoms with E-state index in [4.69, 9.17) is 14.6 Å². The number of ether oxygens (including phenoxy) is 1. The Hall–Kier alpha value is -1.95. The summed E-state index contributed by atoms with van der Waals surface area (Å²) in [4.78, 5) is 11.8. The molecular weight excluding hydrogens is 485 g/mol. The van der Waals surface area contributed by atoms with Gasteiger partial charge in [-0.25, -0.2) is 17.9 Å². The van der Waals surface area contributed by atoms with Gasteiger partial charge in [0, 0.05) is 32.6 Å². The number of rotatable bonds is 6. The number of fused-ring (bicyclic) bond motifs is 2. The van der Waals surface area contributed by atoms with E-state index in [2.05, 4.69) is 21.8 Å². The molecular formula is C24H31F3N2O5S. The van der Waals surface area contributed by atoms with E-state index >= 15 is 0 Å². The van der Waals surface area contributed by atoms with Gasteiger partial charge in [-0.05, 0) is 55.6 Å². The number of carbonyl (C=O) groups is 1. The number of hydrogen-bond acceptors (Lipinski definition) is 5. The number of halogens is 3. The van der Waals surface area contributed by atoms with Gasteiger partial charge in [-0.1, -0.05) is 30.4 Å². The summed E-state index contributed by atoms with van der Waals surface area (Å²) in [6.07, 6.45) is 5.66. The Kier molecular flexibility index (Phi) is 7.61. The predicted molar refractivity (Wildman–Crippen MR) is 122 cm³/mol. The summed E-state index contributed by atoms with van der Waals surface area (Å²) in [7, 11) is -3.44. The molecule has 0 aromatic heterocycles. The highest BCUT2D eigenvalue weighted by molar-refractivity contribution is 7.89. The van der Waals surface area contributed by atoms with Gasteiger partial charge in [-0.3, -0.25) is 0 Å². The first kappa shape index (κ1) is 26.1. The maximum atomic E-state index is 12.3. The molecule has 5 rings (SSSR count). The Morgan fingerprint density at radius 3 is 2.29 bits per heavy atom. The van der Waals surface area contributed by atoms with E-state index in [1.54, 1.807) is 24.3 Å². The van der Waals surface area contributed by atoms with Crippen LogP contribution in [0.25, 0.3) is 0 Å². The van der Waals surface area contributed by atoms with Crippen molar-refractivity contribution in [2.24, 2.45) is 17.8 Å². The maximum absolute atomic E-state index is 12.3. The molecule has 2 N–H and O–H groups in total. The van der Waals surface area contributed by atoms with E-state index in [1.165, 1.54) is 19.4 Å². The zero-order valence-corrected chi connectivity index (χ0v) is 20.1. The van der Waals surface area contributed by atoms with E-state index in [9.17, 15) is 21.6 Å². The molecule has 2 saturated heterocycles. The van der Waals surface area contributed by atoms with Gasteiger partial charge in [-0.2, -0.15) is 13.2 Å². The lowest BCUT2D eigenvalue weighted by Crippen LogP contribution is -2.59. The van der Waals surface area contributed by atoms with E-state index < -0.39 is 22.2 Å². The van der Waals surface area contributed by atoms with Crippen molar-refractivity contribution >= 4 is 16.0 Å². The van der Waals surface area contributed by atoms with Crippen LogP contribution in [0.1, 0.15) is 32.1 Å². The normalized spacial score (nSPS) is 29.5. The Morgan fingerprint density at radius 2 is 1.77 bits per heavy atom. The van der Waals surface area contributed by atoms with Crippen molar-refractivity contribution in [3.63, 3.8) is 0 Å². The number of nitrogens with zero attached hydrogens (tertiary/aromatic N) is 1. The number of nitrogens with one attached hydrogen (secondary N) is 1. The molecule has 4 aliphatic rings. The summed E-state index contributed by atoms with van der Waals surface area (Å²) < 4.78 is 65.3. The molecule has 35 heavy (non-hydrogen) atoms. The molecule has 2 aliphatic carbocycles. The minimum absolute atomic E-state index is 0.000686. The fraction of sp³-hybridized carbons (Fsp3) is 0.625. The van der Waals surface area contributed by atoms with Crippen molar-refractivity contribution in [1.82, 2.24) is 9.62 Å². The second-order valence-corrected chi connectivity index (χ2v) is 11.7. The molecule has 2 aliphatic heterocycles. The van der Waals surface area contributed by atoms with Crippen LogP contribution >= 0.6 is 0 Å². The lowest BCUT2D eigenvalue weighted by Gasteiger charge is -2.52. The van der Waals surface area contributed by atoms with Crippen molar-refractivity contribution in [3.8, 4) is 0 Å². The number of hydrogen-bond donors (Lipinski definition) is 2. The largest absolute Gasteiger partial charge is 0.490 e. The molecule has 2 heterocycles. The lowest BCUT2D eigenvalue weighted by molar-refractivity contribution is -0.222. The summed E-state index contributed by atoms with van der Waals surface area (Å²) in [6.45, 7) is 3.82. The molecule has 0 radical (unpaired) electrons. The standard InChI is InChI=1S/C22H30N2O3S.C2HF3O2/c25-28(26,21-4-2-1-3-5-21)23-15-20-14-22(27-20)8-10-24(11-9-22)16-19-13-17-6-7-18(19)12-17;3-2(4,5)1(6)7/h1-7,17-20,23H,8-16H2;(H,6,7)/t17-,18+,19-,20?;/m1./s1. The Labute approximate surface area is 203 Å². The molecule has 2 bridgehead atoms. The summed E-state index contributed by atoms with van der Waals surface area (Å²) in [6, 6.07) is 8.53. The molecule has 11 heteroatoms. The highest BCUT2D eigenvalue weighted by Gasteiger charge is 2.48. The minimum Gasteiger partial charge on any atom is -0.475 e. The van der Waals surface area contributed by atoms with Crippen molar-refractivity contribution in [3.05, 3.63) is 42.5 Å². The van der Waals surface area contributed by atoms with Crippen LogP contribution in [0.15, 0.2) is 47.4 Å². The monoisotopic (exact) mass is 516 g/mol. The van der Waals surface area contributed by atoms with Crippen LogP contribution in [0.2, 0.25) is 0 Å². The van der Waals surface area contributed by atoms with E-state index in [0.29, 0.717) is 11.4 Å². The summed E-state index contributed by atoms with van der Waals surface area (Å²) >= 11 is 0. The van der Waals surface area contributed by atoms with Crippen LogP contribution in [-0.4, -0.2) is 68.5 Å². The van der Waals surface area contributed by atoms with Gasteiger partial charge >= 0.3 is 12.1 Å². The van der Waals surface area contributed by atoms with Crippen molar-refractivity contribution in [2.45, 2.75) is 54.9 Å². The van der Waals surface area contributed by atoms with Gasteiger partial charge in [-0.15, -0.1) is 0 Å². The second-order valence-electron chi connectivity index (χ2n) is 9.94. The summed E-state index contributed by atoms with van der Waals surface area (Å²) in [5, 5.41) is 7.12. The predicted octanol–water partition coefficient (Wildman–Crippen LogP) is 3.43. The quantitative estimate of drug-likeness (QED) is 0.563. The first-order valence-corrected chi connectivity index (χ1v) is 13.4. The Balaban J connectivity index is 0.000000364. The van der Waals surface area contributed by atoms with Gasteiger partial charge in [0.05, 0.1) is 16.6 Å². The maximum Gasteiger partial charge on any atom is 0.490 e. The first-order valence-electron chi connectivity index (χ1n) is 11.9. The number of alkyl halides is 3. The number of carboxylic acids is 1. The number of carboxylic acid groups (broad SMARTS) is 1. The molecule has 7 nitrogen and oxygen atoms in total. The number of allylic oxidation sites excluding steroid dienone is 2. The fourth-order valence-corrected chi connectivity index (χ4v) is 6.75. The molecule has 1 spiro atoms. The smallest absolute Gasteiger partial charge is 0.475 e. The second kappa shape index (κ2) is 10.2. The average Bonchev–Trinajstić information content (AvgIpc) is 3.41. The first-order chi connectivity index (χ1) is 16.5. The third-order valence-electron chi connectivity index (χ3n) is 7.49. The molecule has 1 unspecified atom stereocenters. The van der Waals surface area contributed by atoms with Crippen LogP contribution in [0.4, 0.5) is 13.2 Å². The third kappa shape index (κ3) is 6.44. The van der Waals surface area contributed by atoms with E-state index in [1.807, 2.05) is 6.07 Å². The van der Waals surface area contributed by atoms with Crippen molar-refractivity contribution < 1.29 is 36.2 Å². The van der Waals surface area contributed by atoms with Crippen LogP contribution in [0, 0.1) is 17.8 Å². The van der Waals surface area contributed by atoms with Gasteiger partial charge in [0.2, 0.25) is 10.0 Å². The molecule has 1 aromatic carbocycles. The number of sulfonamides is 1. The number of benzene rings is 1. The van der Waals surface area contributed by atoms with Crippen molar-refractivity contribution in [1.29, 1.82) is 0 Å². The van der Waals surface area contributed by atoms with E-state index in [-0.39, 0.29) is 11.7 Å². The zero-order chi connectivity index (χ0) is 25.3. The Morgan fingerprint density at radius 1 is 1.14 bits per heavy atom. The van der Waals surface area contributed by atoms with Gasteiger partial charge in [0.1, 0.15) is 0 Å². The molecule has 194 valence electrons. The number of likely N-dealkylation sites (tertiary alicyclic amines) is 1. The topological polar surface area (TPSA) is 95.9 Å². The molecule has 0 amide bonds. The van der Waals surface area contributed by atoms with Crippen LogP contribution in [0.5, 0.6) is 0 Å². The number of aliphatic carboxylic acids is 1. The van der Waals surface area contributed by atoms with E-state index in [0.717, 1.165) is 50.1 Å². The Bertz CT molecular complexity index is 1020. The lowest BCUT2D eigenvalue weighted by atomic mass is 9.80. The number of piperidine rings is 1.